The van der Waals surface area contributed by atoms with Crippen molar-refractivity contribution < 1.29 is 21.1 Å². The van der Waals surface area contributed by atoms with Crippen molar-refractivity contribution in [3.05, 3.63) is 6.92 Å². The minimum atomic E-state index is 0. The van der Waals surface area contributed by atoms with Crippen molar-refractivity contribution >= 4 is 0 Å². The average molecular weight is 252 g/mol. The minimum absolute atomic E-state index is 0. The number of hydrogen-bond donors (Lipinski definition) is 0. The second-order valence-corrected chi connectivity index (χ2v) is 1.39. The molecule has 0 aliphatic heterocycles. The van der Waals surface area contributed by atoms with E-state index in [0.717, 1.165) is 0 Å². The van der Waals surface area contributed by atoms with Crippen molar-refractivity contribution in [2.45, 2.75) is 13.8 Å². The molecule has 0 rings (SSSR count). The van der Waals surface area contributed by atoms with Gasteiger partial charge in [-0.2, -0.15) is 0 Å². The largest absolute Gasteiger partial charge is 0.0628 e. The van der Waals surface area contributed by atoms with E-state index in [9.17, 15) is 0 Å². The van der Waals surface area contributed by atoms with Crippen LogP contribution in [0.1, 0.15) is 13.8 Å². The Morgan fingerprint density at radius 1 is 1.40 bits per heavy atom. The SMILES string of the molecule is [CH2]C(C)C.[Pt]. The molecule has 0 aliphatic carbocycles. The summed E-state index contributed by atoms with van der Waals surface area (Å²) >= 11 is 0. The van der Waals surface area contributed by atoms with E-state index in [0.29, 0.717) is 5.92 Å². The molecule has 0 saturated heterocycles. The Hall–Kier alpha value is 0.688. The van der Waals surface area contributed by atoms with Crippen molar-refractivity contribution in [3.63, 3.8) is 0 Å². The first-order chi connectivity index (χ1) is 1.73. The van der Waals surface area contributed by atoms with Gasteiger partial charge in [0, 0.05) is 21.1 Å². The van der Waals surface area contributed by atoms with Crippen LogP contribution < -0.4 is 0 Å². The first-order valence-corrected chi connectivity index (χ1v) is 1.56. The van der Waals surface area contributed by atoms with Gasteiger partial charge in [-0.25, -0.2) is 0 Å². The van der Waals surface area contributed by atoms with Crippen LogP contribution in [0.15, 0.2) is 0 Å². The van der Waals surface area contributed by atoms with E-state index in [4.69, 9.17) is 0 Å². The number of rotatable bonds is 0. The molecule has 0 aromatic rings. The van der Waals surface area contributed by atoms with Gasteiger partial charge in [-0.3, -0.25) is 0 Å². The normalized spacial score (nSPS) is 7.20. The van der Waals surface area contributed by atoms with Gasteiger partial charge in [0.05, 0.1) is 0 Å². The van der Waals surface area contributed by atoms with Crippen molar-refractivity contribution in [1.29, 1.82) is 0 Å². The van der Waals surface area contributed by atoms with Gasteiger partial charge < -0.3 is 0 Å². The molecule has 1 radical (unpaired) electrons. The van der Waals surface area contributed by atoms with Crippen LogP contribution >= 0.6 is 0 Å². The summed E-state index contributed by atoms with van der Waals surface area (Å²) < 4.78 is 0. The molecule has 0 amide bonds. The maximum Gasteiger partial charge on any atom is 0 e. The quantitative estimate of drug-likeness (QED) is 0.612. The third-order valence-electron chi connectivity index (χ3n) is 0. The van der Waals surface area contributed by atoms with Crippen LogP contribution in [-0.2, 0) is 21.1 Å². The second kappa shape index (κ2) is 4.69. The van der Waals surface area contributed by atoms with Crippen LogP contribution in [-0.4, -0.2) is 0 Å². The topological polar surface area (TPSA) is 0 Å². The maximum absolute atomic E-state index is 3.64. The summed E-state index contributed by atoms with van der Waals surface area (Å²) in [4.78, 5) is 0. The molecular formula is C4H9Pt. The smallest absolute Gasteiger partial charge is 0 e. The van der Waals surface area contributed by atoms with Crippen molar-refractivity contribution in [3.8, 4) is 0 Å². The summed E-state index contributed by atoms with van der Waals surface area (Å²) in [7, 11) is 0. The third kappa shape index (κ3) is 71.5. The van der Waals surface area contributed by atoms with Gasteiger partial charge in [0.2, 0.25) is 0 Å². The molecule has 0 aromatic heterocycles. The van der Waals surface area contributed by atoms with Gasteiger partial charge in [0.1, 0.15) is 0 Å². The van der Waals surface area contributed by atoms with Crippen molar-refractivity contribution in [1.82, 2.24) is 0 Å². The average Bonchev–Trinajstić information content (AvgIpc) is 0.811. The van der Waals surface area contributed by atoms with Gasteiger partial charge in [-0.1, -0.05) is 20.8 Å². The molecule has 0 aliphatic rings. The molecule has 0 atom stereocenters. The fourth-order valence-corrected chi connectivity index (χ4v) is 0. The molecular weight excluding hydrogens is 243 g/mol. The van der Waals surface area contributed by atoms with E-state index in [-0.39, 0.29) is 21.1 Å². The predicted molar refractivity (Wildman–Crippen MR) is 20.2 cm³/mol. The van der Waals surface area contributed by atoms with E-state index in [1.807, 2.05) is 0 Å². The molecule has 0 bridgehead atoms. The molecule has 35 valence electrons. The first-order valence-electron chi connectivity index (χ1n) is 1.56. The van der Waals surface area contributed by atoms with Gasteiger partial charge in [-0.05, 0) is 5.92 Å². The van der Waals surface area contributed by atoms with E-state index < -0.39 is 0 Å². The summed E-state index contributed by atoms with van der Waals surface area (Å²) in [6.07, 6.45) is 0. The molecule has 0 heterocycles. The minimum Gasteiger partial charge on any atom is -0.0628 e. The van der Waals surface area contributed by atoms with E-state index in [2.05, 4.69) is 20.8 Å². The Balaban J connectivity index is 0. The Kier molecular flexibility index (Phi) is 8.62. The molecule has 0 unspecified atom stereocenters. The fourth-order valence-electron chi connectivity index (χ4n) is 0. The van der Waals surface area contributed by atoms with Crippen LogP contribution in [0.2, 0.25) is 0 Å². The molecule has 0 fully saturated rings. The van der Waals surface area contributed by atoms with E-state index >= 15 is 0 Å². The van der Waals surface area contributed by atoms with Crippen molar-refractivity contribution in [2.75, 3.05) is 0 Å². The zero-order valence-corrected chi connectivity index (χ0v) is 5.87. The van der Waals surface area contributed by atoms with E-state index in [1.54, 1.807) is 0 Å². The van der Waals surface area contributed by atoms with Crippen molar-refractivity contribution in [2.24, 2.45) is 5.92 Å². The van der Waals surface area contributed by atoms with Gasteiger partial charge in [-0.15, -0.1) is 0 Å². The molecule has 0 N–H and O–H groups in total. The molecule has 0 nitrogen and oxygen atoms in total. The van der Waals surface area contributed by atoms with Crippen LogP contribution in [0.3, 0.4) is 0 Å². The van der Waals surface area contributed by atoms with Crippen LogP contribution in [0.5, 0.6) is 0 Å². The Labute approximate surface area is 48.2 Å². The summed E-state index contributed by atoms with van der Waals surface area (Å²) in [5.41, 5.74) is 0. The maximum atomic E-state index is 3.64. The monoisotopic (exact) mass is 252 g/mol. The summed E-state index contributed by atoms with van der Waals surface area (Å²) in [5, 5.41) is 0. The molecule has 1 heteroatoms. The first kappa shape index (κ1) is 9.19. The molecule has 0 spiro atoms. The van der Waals surface area contributed by atoms with Crippen LogP contribution in [0, 0.1) is 12.8 Å². The van der Waals surface area contributed by atoms with Gasteiger partial charge in [0.15, 0.2) is 0 Å². The third-order valence-corrected chi connectivity index (χ3v) is 0. The molecule has 0 aromatic carbocycles. The summed E-state index contributed by atoms with van der Waals surface area (Å²) in [6, 6.07) is 0. The predicted octanol–water partition coefficient (Wildman–Crippen LogP) is 1.47. The number of hydrogen-bond acceptors (Lipinski definition) is 0. The second-order valence-electron chi connectivity index (χ2n) is 1.39. The Bertz CT molecular complexity index is 8.36. The standard InChI is InChI=1S/C4H9.Pt/c1-4(2)3;/h4H,1H2,2-3H3;. The van der Waals surface area contributed by atoms with Crippen LogP contribution in [0.4, 0.5) is 0 Å². The van der Waals surface area contributed by atoms with Gasteiger partial charge >= 0.3 is 0 Å². The molecule has 5 heavy (non-hydrogen) atoms. The zero-order valence-electron chi connectivity index (χ0n) is 3.60. The Morgan fingerprint density at radius 2 is 1.40 bits per heavy atom. The Morgan fingerprint density at radius 3 is 1.40 bits per heavy atom. The fraction of sp³-hybridized carbons (Fsp3) is 0.750. The summed E-state index contributed by atoms with van der Waals surface area (Å²) in [6.45, 7) is 7.75. The van der Waals surface area contributed by atoms with E-state index in [1.165, 1.54) is 0 Å². The zero-order chi connectivity index (χ0) is 3.58. The van der Waals surface area contributed by atoms with Crippen LogP contribution in [0.25, 0.3) is 0 Å². The molecule has 0 saturated carbocycles. The van der Waals surface area contributed by atoms with Gasteiger partial charge in [0.25, 0.3) is 0 Å². The summed E-state index contributed by atoms with van der Waals surface area (Å²) in [5.74, 6) is 0.583.